The van der Waals surface area contributed by atoms with E-state index in [4.69, 9.17) is 19.5 Å². The molecule has 6 heteroatoms. The molecule has 1 aliphatic rings. The van der Waals surface area contributed by atoms with E-state index in [-0.39, 0.29) is 12.7 Å². The van der Waals surface area contributed by atoms with Crippen molar-refractivity contribution >= 4 is 0 Å². The van der Waals surface area contributed by atoms with Gasteiger partial charge >= 0.3 is 0 Å². The topological polar surface area (TPSA) is 83.7 Å². The summed E-state index contributed by atoms with van der Waals surface area (Å²) in [6.45, 7) is 3.13. The smallest absolute Gasteiger partial charge is 0.119 e. The summed E-state index contributed by atoms with van der Waals surface area (Å²) in [5.74, 6) is 0.636. The number of benzene rings is 1. The predicted molar refractivity (Wildman–Crippen MR) is 76.1 cm³/mol. The minimum absolute atomic E-state index is 0.0467. The Labute approximate surface area is 124 Å². The molecule has 1 saturated heterocycles. The van der Waals surface area contributed by atoms with E-state index in [1.54, 1.807) is 24.3 Å². The van der Waals surface area contributed by atoms with Crippen molar-refractivity contribution in [3.05, 3.63) is 29.8 Å². The van der Waals surface area contributed by atoms with Gasteiger partial charge in [0, 0.05) is 13.1 Å². The summed E-state index contributed by atoms with van der Waals surface area (Å²) in [7, 11) is 0. The largest absolute Gasteiger partial charge is 0.491 e. The van der Waals surface area contributed by atoms with Crippen LogP contribution < -0.4 is 10.1 Å². The van der Waals surface area contributed by atoms with E-state index in [1.807, 2.05) is 6.07 Å². The number of ether oxygens (including phenoxy) is 3. The Hall–Kier alpha value is -1.65. The van der Waals surface area contributed by atoms with Gasteiger partial charge in [-0.05, 0) is 24.3 Å². The lowest BCUT2D eigenvalue weighted by atomic mass is 10.2. The fraction of sp³-hybridized carbons (Fsp3) is 0.533. The molecule has 6 nitrogen and oxygen atoms in total. The first-order valence-corrected chi connectivity index (χ1v) is 6.99. The van der Waals surface area contributed by atoms with Crippen molar-refractivity contribution in [3.63, 3.8) is 0 Å². The van der Waals surface area contributed by atoms with Crippen LogP contribution in [0.3, 0.4) is 0 Å². The Morgan fingerprint density at radius 3 is 2.86 bits per heavy atom. The molecule has 1 aliphatic heterocycles. The molecule has 0 aromatic heterocycles. The van der Waals surface area contributed by atoms with Gasteiger partial charge in [0.15, 0.2) is 0 Å². The van der Waals surface area contributed by atoms with Gasteiger partial charge in [-0.2, -0.15) is 5.26 Å². The van der Waals surface area contributed by atoms with Gasteiger partial charge in [0.25, 0.3) is 0 Å². The van der Waals surface area contributed by atoms with Crippen LogP contribution in [0.2, 0.25) is 0 Å². The third-order valence-electron chi connectivity index (χ3n) is 3.06. The van der Waals surface area contributed by atoms with Crippen LogP contribution in [0.4, 0.5) is 0 Å². The maximum Gasteiger partial charge on any atom is 0.119 e. The molecule has 2 unspecified atom stereocenters. The molecule has 1 heterocycles. The molecule has 1 aromatic carbocycles. The molecule has 21 heavy (non-hydrogen) atoms. The number of aliphatic hydroxyl groups is 1. The van der Waals surface area contributed by atoms with Crippen LogP contribution in [0.15, 0.2) is 24.3 Å². The van der Waals surface area contributed by atoms with Crippen molar-refractivity contribution in [1.82, 2.24) is 5.32 Å². The van der Waals surface area contributed by atoms with Crippen LogP contribution in [-0.4, -0.2) is 56.8 Å². The van der Waals surface area contributed by atoms with E-state index in [2.05, 4.69) is 5.32 Å². The summed E-state index contributed by atoms with van der Waals surface area (Å²) in [6.07, 6.45) is -0.560. The molecule has 0 bridgehead atoms. The predicted octanol–water partition coefficient (Wildman–Crippen LogP) is 0.303. The fourth-order valence-corrected chi connectivity index (χ4v) is 1.94. The molecule has 0 aliphatic carbocycles. The molecule has 0 spiro atoms. The highest BCUT2D eigenvalue weighted by Crippen LogP contribution is 2.11. The average Bonchev–Trinajstić information content (AvgIpc) is 2.54. The van der Waals surface area contributed by atoms with Crippen LogP contribution in [-0.2, 0) is 9.47 Å². The van der Waals surface area contributed by atoms with E-state index in [1.165, 1.54) is 0 Å². The Kier molecular flexibility index (Phi) is 6.44. The Balaban J connectivity index is 1.60. The number of nitrogens with one attached hydrogen (secondary N) is 1. The molecule has 2 N–H and O–H groups in total. The van der Waals surface area contributed by atoms with Gasteiger partial charge < -0.3 is 24.6 Å². The lowest BCUT2D eigenvalue weighted by molar-refractivity contribution is -0.0869. The first-order valence-electron chi connectivity index (χ1n) is 6.99. The number of nitrogens with zero attached hydrogens (tertiary/aromatic N) is 1. The van der Waals surface area contributed by atoms with Crippen molar-refractivity contribution in [2.45, 2.75) is 12.2 Å². The molecule has 1 fully saturated rings. The first-order chi connectivity index (χ1) is 10.3. The van der Waals surface area contributed by atoms with Gasteiger partial charge in [0.05, 0.1) is 37.6 Å². The molecular formula is C15H20N2O4. The summed E-state index contributed by atoms with van der Waals surface area (Å²) in [4.78, 5) is 0. The summed E-state index contributed by atoms with van der Waals surface area (Å²) in [5.41, 5.74) is 0.583. The summed E-state index contributed by atoms with van der Waals surface area (Å²) < 4.78 is 16.2. The van der Waals surface area contributed by atoms with Crippen LogP contribution in [0.1, 0.15) is 5.56 Å². The molecule has 1 aromatic rings. The van der Waals surface area contributed by atoms with Gasteiger partial charge in [-0.15, -0.1) is 0 Å². The van der Waals surface area contributed by atoms with Crippen LogP contribution in [0, 0.1) is 11.3 Å². The Bertz CT molecular complexity index is 452. The zero-order valence-electron chi connectivity index (χ0n) is 11.8. The summed E-state index contributed by atoms with van der Waals surface area (Å²) in [5, 5.41) is 21.7. The third kappa shape index (κ3) is 5.69. The highest BCUT2D eigenvalue weighted by molar-refractivity contribution is 5.34. The number of hydrogen-bond donors (Lipinski definition) is 2. The van der Waals surface area contributed by atoms with E-state index in [0.29, 0.717) is 44.2 Å². The Morgan fingerprint density at radius 1 is 1.38 bits per heavy atom. The van der Waals surface area contributed by atoms with Crippen LogP contribution >= 0.6 is 0 Å². The van der Waals surface area contributed by atoms with Gasteiger partial charge in [-0.1, -0.05) is 0 Å². The summed E-state index contributed by atoms with van der Waals surface area (Å²) in [6, 6.07) is 8.83. The molecule has 2 atom stereocenters. The van der Waals surface area contributed by atoms with Crippen molar-refractivity contribution in [1.29, 1.82) is 5.26 Å². The van der Waals surface area contributed by atoms with Crippen molar-refractivity contribution in [3.8, 4) is 11.8 Å². The average molecular weight is 292 g/mol. The molecule has 114 valence electrons. The minimum atomic E-state index is -0.606. The zero-order valence-corrected chi connectivity index (χ0v) is 11.8. The van der Waals surface area contributed by atoms with Gasteiger partial charge in [0.1, 0.15) is 18.5 Å². The maximum atomic E-state index is 9.83. The summed E-state index contributed by atoms with van der Waals surface area (Å²) >= 11 is 0. The quantitative estimate of drug-likeness (QED) is 0.752. The fourth-order valence-electron chi connectivity index (χ4n) is 1.94. The van der Waals surface area contributed by atoms with Crippen LogP contribution in [0.5, 0.6) is 5.75 Å². The number of rotatable bonds is 7. The normalized spacial score (nSPS) is 19.7. The molecule has 0 amide bonds. The van der Waals surface area contributed by atoms with Crippen molar-refractivity contribution in [2.24, 2.45) is 0 Å². The van der Waals surface area contributed by atoms with E-state index < -0.39 is 6.10 Å². The SMILES string of the molecule is N#Cc1ccc(OCC(O)CNCC2COCCO2)cc1. The lowest BCUT2D eigenvalue weighted by Gasteiger charge is -2.23. The molecule has 2 rings (SSSR count). The van der Waals surface area contributed by atoms with Crippen LogP contribution in [0.25, 0.3) is 0 Å². The molecule has 0 radical (unpaired) electrons. The van der Waals surface area contributed by atoms with Crippen molar-refractivity contribution < 1.29 is 19.3 Å². The first kappa shape index (κ1) is 15.7. The second kappa shape index (κ2) is 8.60. The standard InChI is InChI=1S/C15H20N2O4/c16-7-12-1-3-14(4-2-12)21-10-13(18)8-17-9-15-11-19-5-6-20-15/h1-4,13,15,17-18H,5-6,8-11H2. The van der Waals surface area contributed by atoms with Gasteiger partial charge in [-0.3, -0.25) is 0 Å². The van der Waals surface area contributed by atoms with E-state index in [9.17, 15) is 5.11 Å². The van der Waals surface area contributed by atoms with Gasteiger partial charge in [-0.25, -0.2) is 0 Å². The Morgan fingerprint density at radius 2 is 2.19 bits per heavy atom. The monoisotopic (exact) mass is 292 g/mol. The lowest BCUT2D eigenvalue weighted by Crippen LogP contribution is -2.41. The number of nitriles is 1. The van der Waals surface area contributed by atoms with E-state index in [0.717, 1.165) is 0 Å². The molecular weight excluding hydrogens is 272 g/mol. The molecule has 0 saturated carbocycles. The number of aliphatic hydroxyl groups excluding tert-OH is 1. The third-order valence-corrected chi connectivity index (χ3v) is 3.06. The highest BCUT2D eigenvalue weighted by atomic mass is 16.6. The number of hydrogen-bond acceptors (Lipinski definition) is 6. The van der Waals surface area contributed by atoms with E-state index >= 15 is 0 Å². The van der Waals surface area contributed by atoms with Gasteiger partial charge in [0.2, 0.25) is 0 Å². The maximum absolute atomic E-state index is 9.83. The second-order valence-corrected chi connectivity index (χ2v) is 4.83. The minimum Gasteiger partial charge on any atom is -0.491 e. The highest BCUT2D eigenvalue weighted by Gasteiger charge is 2.14. The van der Waals surface area contributed by atoms with Crippen molar-refractivity contribution in [2.75, 3.05) is 39.5 Å². The second-order valence-electron chi connectivity index (χ2n) is 4.83. The zero-order chi connectivity index (χ0) is 14.9.